The molecule has 12 heteroatoms. The number of carboxylic acids is 1. The maximum absolute atomic E-state index is 14.0. The number of alkyl halides is 3. The highest BCUT2D eigenvalue weighted by atomic mass is 19.4. The van der Waals surface area contributed by atoms with Gasteiger partial charge in [0.2, 0.25) is 11.6 Å². The smallest absolute Gasteiger partial charge is 0.422 e. The average Bonchev–Trinajstić information content (AvgIpc) is 3.61. The van der Waals surface area contributed by atoms with E-state index < -0.39 is 46.9 Å². The van der Waals surface area contributed by atoms with E-state index in [1.807, 2.05) is 18.7 Å². The fourth-order valence-corrected chi connectivity index (χ4v) is 5.02. The molecule has 1 aliphatic rings. The summed E-state index contributed by atoms with van der Waals surface area (Å²) in [4.78, 5) is 17.6. The number of carboxylic acid groups (broad SMARTS) is 1. The van der Waals surface area contributed by atoms with Gasteiger partial charge in [-0.05, 0) is 38.8 Å². The van der Waals surface area contributed by atoms with E-state index in [2.05, 4.69) is 15.3 Å². The summed E-state index contributed by atoms with van der Waals surface area (Å²) < 4.78 is 52.2. The predicted molar refractivity (Wildman–Crippen MR) is 137 cm³/mol. The lowest BCUT2D eigenvalue weighted by Crippen LogP contribution is -2.53. The highest BCUT2D eigenvalue weighted by molar-refractivity contribution is 5.71. The van der Waals surface area contributed by atoms with E-state index in [-0.39, 0.29) is 17.1 Å². The van der Waals surface area contributed by atoms with Crippen LogP contribution in [0.2, 0.25) is 0 Å². The normalized spacial score (nSPS) is 17.6. The number of aliphatic hydroxyl groups excluding tert-OH is 1. The molecule has 40 heavy (non-hydrogen) atoms. The summed E-state index contributed by atoms with van der Waals surface area (Å²) in [5, 5.41) is 28.1. The van der Waals surface area contributed by atoms with Gasteiger partial charge < -0.3 is 19.3 Å². The van der Waals surface area contributed by atoms with Gasteiger partial charge >= 0.3 is 12.1 Å². The van der Waals surface area contributed by atoms with E-state index in [4.69, 9.17) is 9.05 Å². The van der Waals surface area contributed by atoms with Gasteiger partial charge in [-0.2, -0.15) is 18.2 Å². The number of carbonyl (C=O) groups is 1. The molecule has 2 unspecified atom stereocenters. The van der Waals surface area contributed by atoms with Crippen molar-refractivity contribution < 1.29 is 37.2 Å². The summed E-state index contributed by atoms with van der Waals surface area (Å²) in [5.41, 5.74) is -0.985. The van der Waals surface area contributed by atoms with Crippen LogP contribution in [0.1, 0.15) is 43.9 Å². The zero-order valence-electron chi connectivity index (χ0n) is 21.7. The Labute approximate surface area is 227 Å². The van der Waals surface area contributed by atoms with Crippen molar-refractivity contribution in [1.82, 2.24) is 20.2 Å². The van der Waals surface area contributed by atoms with Gasteiger partial charge in [0, 0.05) is 23.2 Å². The first kappa shape index (κ1) is 27.5. The van der Waals surface area contributed by atoms with Crippen molar-refractivity contribution in [2.75, 3.05) is 13.1 Å². The Balaban J connectivity index is 1.38. The highest BCUT2D eigenvalue weighted by Gasteiger charge is 2.43. The molecule has 0 radical (unpaired) electrons. The summed E-state index contributed by atoms with van der Waals surface area (Å²) in [7, 11) is 0. The van der Waals surface area contributed by atoms with Crippen molar-refractivity contribution in [3.8, 4) is 34.3 Å². The van der Waals surface area contributed by atoms with Crippen molar-refractivity contribution in [1.29, 1.82) is 0 Å². The number of hydrogen-bond donors (Lipinski definition) is 2. The lowest BCUT2D eigenvalue weighted by molar-refractivity contribution is -0.145. The van der Waals surface area contributed by atoms with Crippen LogP contribution in [0, 0.1) is 5.92 Å². The van der Waals surface area contributed by atoms with E-state index in [0.717, 1.165) is 6.42 Å². The number of halogens is 3. The van der Waals surface area contributed by atoms with Crippen molar-refractivity contribution in [2.45, 2.75) is 44.5 Å². The van der Waals surface area contributed by atoms with E-state index >= 15 is 0 Å². The summed E-state index contributed by atoms with van der Waals surface area (Å²) in [6, 6.07) is 14.4. The van der Waals surface area contributed by atoms with Gasteiger partial charge in [-0.25, -0.2) is 0 Å². The third-order valence-corrected chi connectivity index (χ3v) is 7.38. The summed E-state index contributed by atoms with van der Waals surface area (Å²) in [5.74, 6) is -2.45. The first-order valence-electron chi connectivity index (χ1n) is 12.7. The molecule has 0 spiro atoms. The summed E-state index contributed by atoms with van der Waals surface area (Å²) in [6.07, 6.45) is -4.40. The summed E-state index contributed by atoms with van der Waals surface area (Å²) in [6.45, 7) is 4.74. The Morgan fingerprint density at radius 2 is 1.73 bits per heavy atom. The first-order valence-corrected chi connectivity index (χ1v) is 12.7. The number of aromatic nitrogens is 3. The third-order valence-electron chi connectivity index (χ3n) is 7.38. The van der Waals surface area contributed by atoms with Gasteiger partial charge in [0.15, 0.2) is 0 Å². The second-order valence-corrected chi connectivity index (χ2v) is 10.3. The van der Waals surface area contributed by atoms with E-state index in [1.54, 1.807) is 42.5 Å². The van der Waals surface area contributed by atoms with E-state index in [9.17, 15) is 28.2 Å². The number of nitrogens with zero attached hydrogens (tertiary/aromatic N) is 4. The molecule has 2 N–H and O–H groups in total. The first-order chi connectivity index (χ1) is 19.0. The van der Waals surface area contributed by atoms with Crippen LogP contribution in [-0.2, 0) is 11.0 Å². The number of rotatable bonds is 7. The Morgan fingerprint density at radius 1 is 1.02 bits per heavy atom. The zero-order valence-corrected chi connectivity index (χ0v) is 21.7. The molecule has 210 valence electrons. The van der Waals surface area contributed by atoms with Crippen LogP contribution in [0.3, 0.4) is 0 Å². The number of likely N-dealkylation sites (tertiary alicyclic amines) is 1. The van der Waals surface area contributed by atoms with Gasteiger partial charge in [0.25, 0.3) is 5.89 Å². The third kappa shape index (κ3) is 5.24. The van der Waals surface area contributed by atoms with Crippen LogP contribution in [-0.4, -0.2) is 55.0 Å². The Bertz CT molecular complexity index is 1480. The molecule has 2 aromatic heterocycles. The second-order valence-electron chi connectivity index (χ2n) is 10.3. The minimum Gasteiger partial charge on any atom is -0.481 e. The molecule has 4 aromatic rings. The van der Waals surface area contributed by atoms with Gasteiger partial charge in [-0.3, -0.25) is 9.69 Å². The fraction of sp³-hybridized carbons (Fsp3) is 0.357. The largest absolute Gasteiger partial charge is 0.481 e. The average molecular weight is 557 g/mol. The topological polar surface area (TPSA) is 126 Å². The van der Waals surface area contributed by atoms with Gasteiger partial charge in [-0.1, -0.05) is 64.9 Å². The highest BCUT2D eigenvalue weighted by Crippen LogP contribution is 2.43. The van der Waals surface area contributed by atoms with Crippen molar-refractivity contribution in [3.63, 3.8) is 0 Å². The van der Waals surface area contributed by atoms with Crippen molar-refractivity contribution in [3.05, 3.63) is 65.7 Å². The Kier molecular flexibility index (Phi) is 7.23. The van der Waals surface area contributed by atoms with E-state index in [0.29, 0.717) is 30.6 Å². The van der Waals surface area contributed by atoms with Crippen LogP contribution in [0.25, 0.3) is 34.3 Å². The molecule has 1 aliphatic heterocycles. The van der Waals surface area contributed by atoms with E-state index in [1.165, 1.54) is 12.1 Å². The predicted octanol–water partition coefficient (Wildman–Crippen LogP) is 5.69. The molecule has 2 aromatic carbocycles. The van der Waals surface area contributed by atoms with Crippen LogP contribution in [0.15, 0.2) is 63.6 Å². The Hall–Kier alpha value is -4.03. The molecule has 2 atom stereocenters. The number of piperidine rings is 1. The minimum atomic E-state index is -4.79. The molecule has 0 aliphatic carbocycles. The molecule has 3 heterocycles. The number of aliphatic carboxylic acids is 1. The van der Waals surface area contributed by atoms with Crippen LogP contribution in [0.4, 0.5) is 13.2 Å². The maximum Gasteiger partial charge on any atom is 0.422 e. The standard InChI is InChI=1S/C28H27F3N4O5/c1-27(2,35-14-6-9-19(15-35)26(37)38)23(36)17-10-12-18(13-11-17)24-32-25(40-34-24)22-20(28(29,30)31)21(33-39-22)16-7-4-3-5-8-16/h3-5,7-8,10-13,19,23,36H,6,9,14-15H2,1-2H3,(H,37,38). The molecule has 1 saturated heterocycles. The molecule has 0 saturated carbocycles. The number of benzene rings is 2. The molecule has 0 bridgehead atoms. The lowest BCUT2D eigenvalue weighted by Gasteiger charge is -2.45. The number of aliphatic hydroxyl groups is 1. The van der Waals surface area contributed by atoms with Crippen molar-refractivity contribution >= 4 is 5.97 Å². The molecular formula is C28H27F3N4O5. The fourth-order valence-electron chi connectivity index (χ4n) is 5.02. The van der Waals surface area contributed by atoms with Crippen LogP contribution >= 0.6 is 0 Å². The quantitative estimate of drug-likeness (QED) is 0.295. The lowest BCUT2D eigenvalue weighted by atomic mass is 9.85. The van der Waals surface area contributed by atoms with Crippen LogP contribution in [0.5, 0.6) is 0 Å². The number of hydrogen-bond acceptors (Lipinski definition) is 8. The monoisotopic (exact) mass is 556 g/mol. The molecule has 9 nitrogen and oxygen atoms in total. The Morgan fingerprint density at radius 3 is 2.38 bits per heavy atom. The molecule has 0 amide bonds. The van der Waals surface area contributed by atoms with Crippen molar-refractivity contribution in [2.24, 2.45) is 5.92 Å². The van der Waals surface area contributed by atoms with Gasteiger partial charge in [0.1, 0.15) is 11.3 Å². The summed E-state index contributed by atoms with van der Waals surface area (Å²) >= 11 is 0. The van der Waals surface area contributed by atoms with Gasteiger partial charge in [-0.15, -0.1) is 0 Å². The zero-order chi connectivity index (χ0) is 28.7. The maximum atomic E-state index is 14.0. The molecule has 1 fully saturated rings. The molecular weight excluding hydrogens is 529 g/mol. The SMILES string of the molecule is CC(C)(C(O)c1ccc(-c2noc(-c3onc(-c4ccccc4)c3C(F)(F)F)n2)cc1)N1CCCC(C(=O)O)C1. The van der Waals surface area contributed by atoms with Gasteiger partial charge in [0.05, 0.1) is 12.0 Å². The van der Waals surface area contributed by atoms with Crippen LogP contribution < -0.4 is 0 Å². The minimum absolute atomic E-state index is 0.0291. The second kappa shape index (κ2) is 10.5. The molecule has 5 rings (SSSR count).